The third kappa shape index (κ3) is 3.08. The Labute approximate surface area is 94.5 Å². The number of carboxylic acids is 1. The summed E-state index contributed by atoms with van der Waals surface area (Å²) < 4.78 is 0. The van der Waals surface area contributed by atoms with Gasteiger partial charge < -0.3 is 14.8 Å². The van der Waals surface area contributed by atoms with E-state index in [9.17, 15) is 9.59 Å². The molecule has 0 fully saturated rings. The number of anilines is 1. The van der Waals surface area contributed by atoms with Crippen molar-refractivity contribution in [2.75, 3.05) is 11.9 Å². The molecule has 0 heterocycles. The number of nitrogens with zero attached hydrogens (tertiary/aromatic N) is 1. The van der Waals surface area contributed by atoms with Gasteiger partial charge in [0.2, 0.25) is 0 Å². The Morgan fingerprint density at radius 3 is 2.56 bits per heavy atom. The highest BCUT2D eigenvalue weighted by atomic mass is 16.4. The van der Waals surface area contributed by atoms with E-state index in [1.54, 1.807) is 11.9 Å². The molecule has 0 aliphatic rings. The van der Waals surface area contributed by atoms with Gasteiger partial charge in [-0.05, 0) is 18.6 Å². The zero-order valence-corrected chi connectivity index (χ0v) is 9.17. The summed E-state index contributed by atoms with van der Waals surface area (Å²) in [6.07, 6.45) is 1.33. The average Bonchev–Trinajstić information content (AvgIpc) is 2.30. The molecule has 0 radical (unpaired) electrons. The van der Waals surface area contributed by atoms with Gasteiger partial charge in [-0.3, -0.25) is 0 Å². The molecule has 0 aliphatic carbocycles. The molecule has 16 heavy (non-hydrogen) atoms. The van der Waals surface area contributed by atoms with Gasteiger partial charge in [0.25, 0.3) is 0 Å². The molecule has 0 aromatic heterocycles. The van der Waals surface area contributed by atoms with Crippen LogP contribution in [0.4, 0.5) is 5.69 Å². The Morgan fingerprint density at radius 2 is 2.06 bits per heavy atom. The minimum atomic E-state index is -0.909. The predicted molar refractivity (Wildman–Crippen MR) is 61.6 cm³/mol. The highest BCUT2D eigenvalue weighted by molar-refractivity contribution is 5.78. The van der Waals surface area contributed by atoms with E-state index in [4.69, 9.17) is 5.11 Å². The van der Waals surface area contributed by atoms with Crippen LogP contribution in [-0.4, -0.2) is 30.5 Å². The normalized spacial score (nSPS) is 11.8. The van der Waals surface area contributed by atoms with E-state index in [1.807, 2.05) is 30.3 Å². The number of hydrogen-bond acceptors (Lipinski definition) is 3. The van der Waals surface area contributed by atoms with Crippen molar-refractivity contribution >= 4 is 17.9 Å². The van der Waals surface area contributed by atoms with Crippen molar-refractivity contribution in [3.63, 3.8) is 0 Å². The van der Waals surface area contributed by atoms with Crippen LogP contribution in [0.2, 0.25) is 0 Å². The van der Waals surface area contributed by atoms with Gasteiger partial charge in [0, 0.05) is 19.2 Å². The number of carbonyl (C=O) groups excluding carboxylic acids is 1. The summed E-state index contributed by atoms with van der Waals surface area (Å²) in [6, 6.07) is 8.61. The van der Waals surface area contributed by atoms with E-state index in [1.165, 1.54) is 0 Å². The van der Waals surface area contributed by atoms with Crippen molar-refractivity contribution in [2.45, 2.75) is 18.9 Å². The van der Waals surface area contributed by atoms with Crippen molar-refractivity contribution in [3.05, 3.63) is 30.3 Å². The smallest absolute Gasteiger partial charge is 0.326 e. The monoisotopic (exact) mass is 221 g/mol. The second-order valence-corrected chi connectivity index (χ2v) is 3.54. The van der Waals surface area contributed by atoms with Gasteiger partial charge in [0.15, 0.2) is 0 Å². The van der Waals surface area contributed by atoms with Gasteiger partial charge in [-0.25, -0.2) is 4.79 Å². The summed E-state index contributed by atoms with van der Waals surface area (Å²) in [5, 5.41) is 9.07. The Kier molecular flexibility index (Phi) is 4.51. The van der Waals surface area contributed by atoms with Crippen molar-refractivity contribution in [2.24, 2.45) is 0 Å². The number of carboxylic acid groups (broad SMARTS) is 1. The number of likely N-dealkylation sites (N-methyl/N-ethyl adjacent to an activating group) is 1. The summed E-state index contributed by atoms with van der Waals surface area (Å²) in [5.74, 6) is -0.909. The van der Waals surface area contributed by atoms with Gasteiger partial charge >= 0.3 is 5.97 Å². The molecule has 0 bridgehead atoms. The van der Waals surface area contributed by atoms with Crippen LogP contribution in [0.25, 0.3) is 0 Å². The first kappa shape index (κ1) is 12.2. The fraction of sp³-hybridized carbons (Fsp3) is 0.333. The minimum absolute atomic E-state index is 0.258. The van der Waals surface area contributed by atoms with Crippen LogP contribution in [0.5, 0.6) is 0 Å². The number of hydrogen-bond donors (Lipinski definition) is 1. The van der Waals surface area contributed by atoms with E-state index in [0.717, 1.165) is 12.0 Å². The lowest BCUT2D eigenvalue weighted by molar-refractivity contribution is -0.138. The van der Waals surface area contributed by atoms with Gasteiger partial charge in [-0.1, -0.05) is 18.2 Å². The SMILES string of the molecule is CN(c1ccccc1)C(CCC=O)C(=O)O. The molecule has 0 spiro atoms. The van der Waals surface area contributed by atoms with Crippen LogP contribution in [0.1, 0.15) is 12.8 Å². The maximum atomic E-state index is 11.1. The zero-order valence-electron chi connectivity index (χ0n) is 9.17. The maximum Gasteiger partial charge on any atom is 0.326 e. The molecular weight excluding hydrogens is 206 g/mol. The molecule has 86 valence electrons. The number of carbonyl (C=O) groups is 2. The molecule has 1 aromatic rings. The summed E-state index contributed by atoms with van der Waals surface area (Å²) >= 11 is 0. The molecular formula is C12H15NO3. The predicted octanol–water partition coefficient (Wildman–Crippen LogP) is 1.56. The van der Waals surface area contributed by atoms with Crippen molar-refractivity contribution in [3.8, 4) is 0 Å². The summed E-state index contributed by atoms with van der Waals surface area (Å²) in [6.45, 7) is 0. The minimum Gasteiger partial charge on any atom is -0.480 e. The van der Waals surface area contributed by atoms with E-state index < -0.39 is 12.0 Å². The van der Waals surface area contributed by atoms with Gasteiger partial charge in [-0.15, -0.1) is 0 Å². The summed E-state index contributed by atoms with van der Waals surface area (Å²) in [7, 11) is 1.72. The Balaban J connectivity index is 2.78. The Hall–Kier alpha value is -1.84. The van der Waals surface area contributed by atoms with E-state index in [2.05, 4.69) is 0 Å². The van der Waals surface area contributed by atoms with E-state index in [0.29, 0.717) is 6.42 Å². The van der Waals surface area contributed by atoms with Crippen molar-refractivity contribution in [1.82, 2.24) is 0 Å². The molecule has 4 nitrogen and oxygen atoms in total. The van der Waals surface area contributed by atoms with Crippen LogP contribution in [0.3, 0.4) is 0 Å². The fourth-order valence-electron chi connectivity index (χ4n) is 1.55. The number of para-hydroxylation sites is 1. The average molecular weight is 221 g/mol. The summed E-state index contributed by atoms with van der Waals surface area (Å²) in [4.78, 5) is 23.0. The first-order valence-electron chi connectivity index (χ1n) is 5.11. The third-order valence-electron chi connectivity index (χ3n) is 2.47. The standard InChI is InChI=1S/C12H15NO3/c1-13(10-6-3-2-4-7-10)11(12(15)16)8-5-9-14/h2-4,6-7,9,11H,5,8H2,1H3,(H,15,16). The second-order valence-electron chi connectivity index (χ2n) is 3.54. The molecule has 1 unspecified atom stereocenters. The van der Waals surface area contributed by atoms with Gasteiger partial charge in [-0.2, -0.15) is 0 Å². The molecule has 1 N–H and O–H groups in total. The number of benzene rings is 1. The van der Waals surface area contributed by atoms with Crippen LogP contribution >= 0.6 is 0 Å². The Morgan fingerprint density at radius 1 is 1.44 bits per heavy atom. The van der Waals surface area contributed by atoms with E-state index >= 15 is 0 Å². The van der Waals surface area contributed by atoms with Gasteiger partial charge in [0.1, 0.15) is 12.3 Å². The molecule has 0 aliphatic heterocycles. The largest absolute Gasteiger partial charge is 0.480 e. The third-order valence-corrected chi connectivity index (χ3v) is 2.47. The van der Waals surface area contributed by atoms with E-state index in [-0.39, 0.29) is 6.42 Å². The number of aliphatic carboxylic acids is 1. The zero-order chi connectivity index (χ0) is 12.0. The molecule has 0 saturated heterocycles. The number of aldehydes is 1. The topological polar surface area (TPSA) is 57.6 Å². The second kappa shape index (κ2) is 5.90. The Bertz CT molecular complexity index is 351. The van der Waals surface area contributed by atoms with Crippen LogP contribution < -0.4 is 4.90 Å². The fourth-order valence-corrected chi connectivity index (χ4v) is 1.55. The van der Waals surface area contributed by atoms with Gasteiger partial charge in [0.05, 0.1) is 0 Å². The molecule has 0 saturated carbocycles. The van der Waals surface area contributed by atoms with Crippen molar-refractivity contribution < 1.29 is 14.7 Å². The first-order valence-corrected chi connectivity index (χ1v) is 5.11. The highest BCUT2D eigenvalue weighted by Gasteiger charge is 2.22. The summed E-state index contributed by atoms with van der Waals surface area (Å²) in [5.41, 5.74) is 0.834. The maximum absolute atomic E-state index is 11.1. The van der Waals surface area contributed by atoms with Crippen molar-refractivity contribution in [1.29, 1.82) is 0 Å². The number of rotatable bonds is 6. The lowest BCUT2D eigenvalue weighted by Gasteiger charge is -2.26. The lowest BCUT2D eigenvalue weighted by Crippen LogP contribution is -2.38. The highest BCUT2D eigenvalue weighted by Crippen LogP contribution is 2.16. The van der Waals surface area contributed by atoms with Crippen LogP contribution in [-0.2, 0) is 9.59 Å². The molecule has 1 aromatic carbocycles. The first-order chi connectivity index (χ1) is 7.66. The molecule has 4 heteroatoms. The molecule has 1 rings (SSSR count). The van der Waals surface area contributed by atoms with Crippen LogP contribution in [0.15, 0.2) is 30.3 Å². The van der Waals surface area contributed by atoms with Crippen LogP contribution in [0, 0.1) is 0 Å². The lowest BCUT2D eigenvalue weighted by atomic mass is 10.1. The molecule has 0 amide bonds. The quantitative estimate of drug-likeness (QED) is 0.740. The molecule has 1 atom stereocenters.